The molecule has 2 unspecified atom stereocenters. The van der Waals surface area contributed by atoms with Crippen LogP contribution < -0.4 is 0 Å². The summed E-state index contributed by atoms with van der Waals surface area (Å²) in [5.74, 6) is -0.891. The van der Waals surface area contributed by atoms with Crippen LogP contribution in [-0.4, -0.2) is 33.5 Å². The molecule has 0 aromatic carbocycles. The first kappa shape index (κ1) is 22.4. The fourth-order valence-electron chi connectivity index (χ4n) is 2.03. The molecule has 0 aromatic rings. The van der Waals surface area contributed by atoms with Crippen LogP contribution in [0.15, 0.2) is 48.6 Å². The van der Waals surface area contributed by atoms with Crippen molar-refractivity contribution in [1.29, 1.82) is 0 Å². The van der Waals surface area contributed by atoms with Crippen LogP contribution in [0.5, 0.6) is 0 Å². The molecule has 0 aliphatic rings. The van der Waals surface area contributed by atoms with Gasteiger partial charge in [-0.2, -0.15) is 0 Å². The Bertz CT molecular complexity index is 421. The van der Waals surface area contributed by atoms with Crippen LogP contribution in [-0.2, 0) is 4.79 Å². The molecule has 0 amide bonds. The highest BCUT2D eigenvalue weighted by atomic mass is 16.4. The van der Waals surface area contributed by atoms with Gasteiger partial charge in [0, 0.05) is 6.42 Å². The molecule has 0 fully saturated rings. The summed E-state index contributed by atoms with van der Waals surface area (Å²) in [5.41, 5.74) is 0. The van der Waals surface area contributed by atoms with Gasteiger partial charge in [0.05, 0.1) is 12.2 Å². The van der Waals surface area contributed by atoms with E-state index in [-0.39, 0.29) is 12.8 Å². The molecular formula is C20H32O4. The summed E-state index contributed by atoms with van der Waals surface area (Å²) in [5, 5.41) is 27.9. The van der Waals surface area contributed by atoms with Crippen molar-refractivity contribution in [2.24, 2.45) is 0 Å². The van der Waals surface area contributed by atoms with Crippen molar-refractivity contribution in [2.45, 2.75) is 70.5 Å². The monoisotopic (exact) mass is 336 g/mol. The third kappa shape index (κ3) is 15.3. The zero-order chi connectivity index (χ0) is 18.0. The van der Waals surface area contributed by atoms with E-state index in [0.717, 1.165) is 12.8 Å². The fraction of sp³-hybridized carbons (Fsp3) is 0.550. The molecule has 4 nitrogen and oxygen atoms in total. The number of hydrogen-bond donors (Lipinski definition) is 3. The van der Waals surface area contributed by atoms with Gasteiger partial charge in [0.15, 0.2) is 0 Å². The minimum atomic E-state index is -0.974. The molecule has 0 bridgehead atoms. The summed E-state index contributed by atoms with van der Waals surface area (Å²) in [6.45, 7) is 2.20. The normalized spacial score (nSPS) is 15.1. The van der Waals surface area contributed by atoms with Gasteiger partial charge < -0.3 is 15.3 Å². The molecule has 136 valence electrons. The molecule has 0 spiro atoms. The first-order valence-electron chi connectivity index (χ1n) is 8.80. The summed E-state index contributed by atoms with van der Waals surface area (Å²) >= 11 is 0. The molecule has 0 aromatic heterocycles. The van der Waals surface area contributed by atoms with Crippen molar-refractivity contribution in [1.82, 2.24) is 0 Å². The van der Waals surface area contributed by atoms with Gasteiger partial charge in [0.2, 0.25) is 0 Å². The largest absolute Gasteiger partial charge is 0.481 e. The van der Waals surface area contributed by atoms with E-state index in [9.17, 15) is 15.0 Å². The maximum absolute atomic E-state index is 10.4. The first-order chi connectivity index (χ1) is 11.6. The van der Waals surface area contributed by atoms with Gasteiger partial charge in [-0.1, -0.05) is 68.4 Å². The van der Waals surface area contributed by atoms with Crippen LogP contribution >= 0.6 is 0 Å². The number of hydrogen-bond acceptors (Lipinski definition) is 3. The molecule has 0 radical (unpaired) electrons. The highest BCUT2D eigenvalue weighted by Gasteiger charge is 2.12. The number of carbonyl (C=O) groups is 1. The SMILES string of the molecule is CCCCC/C=C/C/C=C/C=C/C=C/C(O)C(O)CCCC(=O)O. The van der Waals surface area contributed by atoms with E-state index < -0.39 is 18.2 Å². The number of aliphatic carboxylic acids is 1. The summed E-state index contributed by atoms with van der Waals surface area (Å²) in [7, 11) is 0. The van der Waals surface area contributed by atoms with Gasteiger partial charge in [-0.05, 0) is 32.1 Å². The smallest absolute Gasteiger partial charge is 0.303 e. The van der Waals surface area contributed by atoms with Gasteiger partial charge in [-0.25, -0.2) is 0 Å². The molecule has 24 heavy (non-hydrogen) atoms. The van der Waals surface area contributed by atoms with E-state index in [1.54, 1.807) is 12.2 Å². The van der Waals surface area contributed by atoms with Crippen LogP contribution in [0.1, 0.15) is 58.3 Å². The molecular weight excluding hydrogens is 304 g/mol. The molecule has 0 aliphatic heterocycles. The Balaban J connectivity index is 3.81. The molecule has 0 saturated heterocycles. The van der Waals surface area contributed by atoms with Crippen molar-refractivity contribution >= 4 is 5.97 Å². The van der Waals surface area contributed by atoms with Crippen LogP contribution in [0.2, 0.25) is 0 Å². The molecule has 0 saturated carbocycles. The molecule has 2 atom stereocenters. The van der Waals surface area contributed by atoms with E-state index in [2.05, 4.69) is 25.2 Å². The number of aliphatic hydroxyl groups excluding tert-OH is 2. The van der Waals surface area contributed by atoms with Gasteiger partial charge in [-0.3, -0.25) is 4.79 Å². The van der Waals surface area contributed by atoms with E-state index in [4.69, 9.17) is 5.11 Å². The lowest BCUT2D eigenvalue weighted by Crippen LogP contribution is -2.23. The Morgan fingerprint density at radius 3 is 2.42 bits per heavy atom. The highest BCUT2D eigenvalue weighted by molar-refractivity contribution is 5.66. The zero-order valence-corrected chi connectivity index (χ0v) is 14.7. The van der Waals surface area contributed by atoms with E-state index in [1.165, 1.54) is 25.3 Å². The molecule has 0 aliphatic carbocycles. The Morgan fingerprint density at radius 1 is 0.958 bits per heavy atom. The Labute approximate surface area is 145 Å². The summed E-state index contributed by atoms with van der Waals surface area (Å²) in [6.07, 6.45) is 19.8. The predicted octanol–water partition coefficient (Wildman–Crippen LogP) is 4.16. The van der Waals surface area contributed by atoms with Gasteiger partial charge in [0.1, 0.15) is 0 Å². The standard InChI is InChI=1S/C20H32O4/c1-2-3-4-5-6-7-8-9-10-11-12-13-15-18(21)19(22)16-14-17-20(23)24/h6-7,9-13,15,18-19,21-22H,2-5,8,14,16-17H2,1H3,(H,23,24)/b7-6+,10-9+,12-11+,15-13+. The fourth-order valence-corrected chi connectivity index (χ4v) is 2.03. The first-order valence-corrected chi connectivity index (χ1v) is 8.80. The maximum Gasteiger partial charge on any atom is 0.303 e. The lowest BCUT2D eigenvalue weighted by atomic mass is 10.1. The van der Waals surface area contributed by atoms with E-state index in [1.807, 2.05) is 12.2 Å². The second-order valence-corrected chi connectivity index (χ2v) is 5.74. The minimum absolute atomic E-state index is 0.00520. The van der Waals surface area contributed by atoms with Crippen molar-refractivity contribution in [3.63, 3.8) is 0 Å². The average molecular weight is 336 g/mol. The van der Waals surface area contributed by atoms with Crippen LogP contribution in [0.4, 0.5) is 0 Å². The van der Waals surface area contributed by atoms with Crippen LogP contribution in [0, 0.1) is 0 Å². The van der Waals surface area contributed by atoms with Gasteiger partial charge in [0.25, 0.3) is 0 Å². The van der Waals surface area contributed by atoms with Crippen molar-refractivity contribution in [2.75, 3.05) is 0 Å². The maximum atomic E-state index is 10.4. The number of allylic oxidation sites excluding steroid dienone is 7. The second kappa shape index (κ2) is 16.2. The topological polar surface area (TPSA) is 77.8 Å². The number of rotatable bonds is 14. The number of unbranched alkanes of at least 4 members (excludes halogenated alkanes) is 3. The quantitative estimate of drug-likeness (QED) is 0.253. The highest BCUT2D eigenvalue weighted by Crippen LogP contribution is 2.06. The van der Waals surface area contributed by atoms with E-state index >= 15 is 0 Å². The number of carboxylic acid groups (broad SMARTS) is 1. The van der Waals surface area contributed by atoms with Crippen molar-refractivity contribution < 1.29 is 20.1 Å². The Morgan fingerprint density at radius 2 is 1.71 bits per heavy atom. The lowest BCUT2D eigenvalue weighted by molar-refractivity contribution is -0.137. The van der Waals surface area contributed by atoms with Gasteiger partial charge in [-0.15, -0.1) is 0 Å². The van der Waals surface area contributed by atoms with Gasteiger partial charge >= 0.3 is 5.97 Å². The van der Waals surface area contributed by atoms with E-state index in [0.29, 0.717) is 6.42 Å². The predicted molar refractivity (Wildman–Crippen MR) is 98.8 cm³/mol. The van der Waals surface area contributed by atoms with Crippen molar-refractivity contribution in [3.05, 3.63) is 48.6 Å². The average Bonchev–Trinajstić information content (AvgIpc) is 2.55. The zero-order valence-electron chi connectivity index (χ0n) is 14.7. The molecule has 4 heteroatoms. The molecule has 0 heterocycles. The number of carboxylic acids is 1. The van der Waals surface area contributed by atoms with Crippen LogP contribution in [0.3, 0.4) is 0 Å². The Hall–Kier alpha value is -1.65. The molecule has 0 rings (SSSR count). The second-order valence-electron chi connectivity index (χ2n) is 5.74. The summed E-state index contributed by atoms with van der Waals surface area (Å²) in [4.78, 5) is 10.4. The lowest BCUT2D eigenvalue weighted by Gasteiger charge is -2.13. The van der Waals surface area contributed by atoms with Crippen LogP contribution in [0.25, 0.3) is 0 Å². The molecule has 3 N–H and O–H groups in total. The minimum Gasteiger partial charge on any atom is -0.481 e. The summed E-state index contributed by atoms with van der Waals surface area (Å²) in [6, 6.07) is 0. The summed E-state index contributed by atoms with van der Waals surface area (Å²) < 4.78 is 0. The number of aliphatic hydroxyl groups is 2. The van der Waals surface area contributed by atoms with Crippen molar-refractivity contribution in [3.8, 4) is 0 Å². The third-order valence-corrected chi connectivity index (χ3v) is 3.48. The third-order valence-electron chi connectivity index (χ3n) is 3.48. The Kier molecular flexibility index (Phi) is 15.1.